The molecule has 0 fully saturated rings. The van der Waals surface area contributed by atoms with Crippen LogP contribution in [0, 0.1) is 5.92 Å². The van der Waals surface area contributed by atoms with Crippen molar-refractivity contribution in [3.8, 4) is 0 Å². The Hall–Kier alpha value is -1.94. The molecule has 0 aliphatic heterocycles. The van der Waals surface area contributed by atoms with Crippen molar-refractivity contribution >= 4 is 39.5 Å². The van der Waals surface area contributed by atoms with Crippen LogP contribution in [-0.4, -0.2) is 96.7 Å². The summed E-state index contributed by atoms with van der Waals surface area (Å²) >= 11 is 0. The number of hydrogen-bond donors (Lipinski definition) is 3. The Bertz CT molecular complexity index is 1430. The first-order valence-electron chi connectivity index (χ1n) is 28.1. The summed E-state index contributed by atoms with van der Waals surface area (Å²) in [6, 6.07) is 0. The second-order valence-electron chi connectivity index (χ2n) is 19.7. The van der Waals surface area contributed by atoms with Crippen molar-refractivity contribution in [1.82, 2.24) is 0 Å². The Kier molecular flexibility index (Phi) is 46.2. The molecule has 72 heavy (non-hydrogen) atoms. The molecule has 5 atom stereocenters. The first-order chi connectivity index (χ1) is 34.5. The quantitative estimate of drug-likeness (QED) is 0.0222. The van der Waals surface area contributed by atoms with Crippen LogP contribution in [0.2, 0.25) is 0 Å². The highest BCUT2D eigenvalue weighted by molar-refractivity contribution is 7.47. The van der Waals surface area contributed by atoms with Gasteiger partial charge in [-0.05, 0) is 31.6 Å². The molecule has 0 amide bonds. The van der Waals surface area contributed by atoms with E-state index in [4.69, 9.17) is 37.0 Å². The van der Waals surface area contributed by atoms with Crippen molar-refractivity contribution < 1.29 is 80.2 Å². The van der Waals surface area contributed by atoms with Crippen molar-refractivity contribution in [3.05, 3.63) is 0 Å². The molecule has 0 aromatic carbocycles. The molecule has 0 rings (SSSR count). The molecule has 0 saturated heterocycles. The Morgan fingerprint density at radius 1 is 0.375 bits per heavy atom. The van der Waals surface area contributed by atoms with Gasteiger partial charge < -0.3 is 33.8 Å². The van der Waals surface area contributed by atoms with E-state index in [0.717, 1.165) is 115 Å². The number of carbonyl (C=O) groups excluding carboxylic acids is 4. The number of phosphoric acid groups is 2. The van der Waals surface area contributed by atoms with Crippen molar-refractivity contribution in [2.45, 2.75) is 271 Å². The van der Waals surface area contributed by atoms with Crippen LogP contribution >= 0.6 is 15.6 Å². The van der Waals surface area contributed by atoms with Gasteiger partial charge in [0.2, 0.25) is 0 Å². The van der Waals surface area contributed by atoms with Crippen molar-refractivity contribution in [3.63, 3.8) is 0 Å². The normalized spacial score (nSPS) is 14.6. The number of aliphatic hydroxyl groups excluding tert-OH is 1. The second kappa shape index (κ2) is 47.5. The van der Waals surface area contributed by atoms with Gasteiger partial charge in [-0.3, -0.25) is 37.3 Å². The minimum absolute atomic E-state index is 0.104. The van der Waals surface area contributed by atoms with Crippen LogP contribution < -0.4 is 0 Å². The smallest absolute Gasteiger partial charge is 0.462 e. The van der Waals surface area contributed by atoms with Crippen molar-refractivity contribution in [1.29, 1.82) is 0 Å². The summed E-state index contributed by atoms with van der Waals surface area (Å²) in [5, 5.41) is 10.4. The molecule has 0 aliphatic carbocycles. The van der Waals surface area contributed by atoms with Gasteiger partial charge in [-0.1, -0.05) is 202 Å². The third-order valence-corrected chi connectivity index (χ3v) is 13.9. The van der Waals surface area contributed by atoms with E-state index < -0.39 is 97.5 Å². The van der Waals surface area contributed by atoms with Gasteiger partial charge in [-0.25, -0.2) is 9.13 Å². The molecule has 0 saturated carbocycles. The zero-order valence-electron chi connectivity index (χ0n) is 45.5. The Balaban J connectivity index is 5.18. The largest absolute Gasteiger partial charge is 0.472 e. The zero-order chi connectivity index (χ0) is 53.6. The highest BCUT2D eigenvalue weighted by atomic mass is 31.2. The molecule has 3 N–H and O–H groups in total. The molecule has 0 radical (unpaired) electrons. The molecule has 0 spiro atoms. The maximum absolute atomic E-state index is 12.8. The average Bonchev–Trinajstić information content (AvgIpc) is 3.34. The number of unbranched alkanes of at least 4 members (excludes halogenated alkanes) is 25. The molecule has 0 heterocycles. The minimum atomic E-state index is -4.93. The topological polar surface area (TPSA) is 237 Å². The lowest BCUT2D eigenvalue weighted by Gasteiger charge is -2.21. The van der Waals surface area contributed by atoms with E-state index in [1.807, 2.05) is 0 Å². The average molecular weight is 1070 g/mol. The van der Waals surface area contributed by atoms with Gasteiger partial charge >= 0.3 is 39.5 Å². The van der Waals surface area contributed by atoms with Crippen LogP contribution in [0.5, 0.6) is 0 Å². The molecular weight excluding hydrogens is 971 g/mol. The fourth-order valence-electron chi connectivity index (χ4n) is 7.64. The number of carbonyl (C=O) groups is 4. The number of aliphatic hydroxyl groups is 1. The van der Waals surface area contributed by atoms with E-state index in [-0.39, 0.29) is 25.7 Å². The van der Waals surface area contributed by atoms with Gasteiger partial charge in [-0.15, -0.1) is 0 Å². The molecule has 0 aromatic rings. The van der Waals surface area contributed by atoms with Crippen LogP contribution in [0.4, 0.5) is 0 Å². The predicted octanol–water partition coefficient (Wildman–Crippen LogP) is 13.5. The third kappa shape index (κ3) is 47.8. The number of ether oxygens (including phenoxy) is 4. The number of esters is 4. The first-order valence-corrected chi connectivity index (χ1v) is 31.1. The molecule has 19 heteroatoms. The lowest BCUT2D eigenvalue weighted by atomic mass is 10.0. The van der Waals surface area contributed by atoms with Gasteiger partial charge in [0.1, 0.15) is 19.3 Å². The molecule has 426 valence electrons. The van der Waals surface area contributed by atoms with Gasteiger partial charge in [0.25, 0.3) is 0 Å². The van der Waals surface area contributed by atoms with E-state index in [1.54, 1.807) is 0 Å². The third-order valence-electron chi connectivity index (χ3n) is 12.0. The predicted molar refractivity (Wildman–Crippen MR) is 280 cm³/mol. The van der Waals surface area contributed by atoms with Crippen LogP contribution in [0.15, 0.2) is 0 Å². The number of rotatable bonds is 53. The summed E-state index contributed by atoms with van der Waals surface area (Å²) in [4.78, 5) is 71.3. The lowest BCUT2D eigenvalue weighted by Crippen LogP contribution is -2.30. The zero-order valence-corrected chi connectivity index (χ0v) is 47.3. The maximum atomic E-state index is 12.8. The van der Waals surface area contributed by atoms with Crippen LogP contribution in [0.1, 0.15) is 253 Å². The summed E-state index contributed by atoms with van der Waals surface area (Å²) < 4.78 is 67.2. The minimum Gasteiger partial charge on any atom is -0.462 e. The fraction of sp³-hybridized carbons (Fsp3) is 0.925. The maximum Gasteiger partial charge on any atom is 0.472 e. The number of phosphoric ester groups is 2. The van der Waals surface area contributed by atoms with E-state index >= 15 is 0 Å². The Morgan fingerprint density at radius 2 is 0.639 bits per heavy atom. The van der Waals surface area contributed by atoms with Crippen LogP contribution in [0.3, 0.4) is 0 Å². The summed E-state index contributed by atoms with van der Waals surface area (Å²) in [7, 11) is -9.85. The summed E-state index contributed by atoms with van der Waals surface area (Å²) in [5.41, 5.74) is 0. The van der Waals surface area contributed by atoms with Gasteiger partial charge in [0, 0.05) is 25.7 Å². The second-order valence-corrected chi connectivity index (χ2v) is 22.6. The Labute approximate surface area is 435 Å². The van der Waals surface area contributed by atoms with E-state index in [2.05, 4.69) is 34.6 Å². The van der Waals surface area contributed by atoms with Crippen LogP contribution in [-0.2, 0) is 65.4 Å². The Morgan fingerprint density at radius 3 is 0.944 bits per heavy atom. The lowest BCUT2D eigenvalue weighted by molar-refractivity contribution is -0.161. The molecule has 17 nitrogen and oxygen atoms in total. The van der Waals surface area contributed by atoms with E-state index in [1.165, 1.54) is 57.8 Å². The highest BCUT2D eigenvalue weighted by Crippen LogP contribution is 2.45. The monoisotopic (exact) mass is 1070 g/mol. The molecule has 0 aromatic heterocycles. The number of hydrogen-bond acceptors (Lipinski definition) is 15. The highest BCUT2D eigenvalue weighted by Gasteiger charge is 2.30. The summed E-state index contributed by atoms with van der Waals surface area (Å²) in [5.74, 6) is -1.45. The molecule has 0 bridgehead atoms. The van der Waals surface area contributed by atoms with Crippen molar-refractivity contribution in [2.24, 2.45) is 5.92 Å². The van der Waals surface area contributed by atoms with Crippen molar-refractivity contribution in [2.75, 3.05) is 39.6 Å². The SMILES string of the molecule is CCCCCCCCCCC(=O)OC[C@H](COP(=O)(O)OC[C@@H](O)COP(=O)(O)OC[C@@H](COC(=O)CCCCCCC)OC(=O)CCCCCCCCCC)OC(=O)CCCCCCCCCCC(C)C. The molecule has 2 unspecified atom stereocenters. The first kappa shape index (κ1) is 70.1. The van der Waals surface area contributed by atoms with Gasteiger partial charge in [-0.2, -0.15) is 0 Å². The van der Waals surface area contributed by atoms with Crippen LogP contribution in [0.25, 0.3) is 0 Å². The summed E-state index contributed by atoms with van der Waals surface area (Å²) in [6.45, 7) is 6.92. The molecular formula is C53H102O17P2. The van der Waals surface area contributed by atoms with E-state index in [9.17, 15) is 43.2 Å². The van der Waals surface area contributed by atoms with Gasteiger partial charge in [0.05, 0.1) is 26.4 Å². The summed E-state index contributed by atoms with van der Waals surface area (Å²) in [6.07, 6.45) is 27.1. The molecule has 0 aliphatic rings. The fourth-order valence-corrected chi connectivity index (χ4v) is 9.22. The van der Waals surface area contributed by atoms with Gasteiger partial charge in [0.15, 0.2) is 12.2 Å². The standard InChI is InChI=1S/C53H102O17P2/c1-6-9-12-15-17-22-27-32-37-51(56)64-43-49(70-53(58)39-34-29-24-20-19-21-26-30-35-46(4)5)45-68-72(61,62)66-41-47(54)40-65-71(59,60)67-44-48(42-63-50(55)36-31-25-14-11-8-3)69-52(57)38-33-28-23-18-16-13-10-7-2/h46-49,54H,6-45H2,1-5H3,(H,59,60)(H,61,62)/t47-,48+,49+/m0/s1. The van der Waals surface area contributed by atoms with E-state index in [0.29, 0.717) is 25.7 Å².